The quantitative estimate of drug-likeness (QED) is 0.392. The minimum absolute atomic E-state index is 0.543. The molecule has 0 bridgehead atoms. The van der Waals surface area contributed by atoms with Gasteiger partial charge in [0.05, 0.1) is 5.56 Å². The third-order valence-corrected chi connectivity index (χ3v) is 3.58. The Morgan fingerprint density at radius 3 is 2.93 bits per heavy atom. The maximum absolute atomic E-state index is 8.96. The molecule has 0 radical (unpaired) electrons. The van der Waals surface area contributed by atoms with Crippen LogP contribution < -0.4 is 0 Å². The minimum atomic E-state index is 0.543. The molecule has 14 heavy (non-hydrogen) atoms. The van der Waals surface area contributed by atoms with E-state index in [1.54, 1.807) is 0 Å². The smallest absolute Gasteiger partial charge is 0.109 e. The van der Waals surface area contributed by atoms with Gasteiger partial charge in [-0.2, -0.15) is 5.26 Å². The first-order valence-electron chi connectivity index (χ1n) is 4.46. The number of azide groups is 1. The van der Waals surface area contributed by atoms with E-state index in [4.69, 9.17) is 10.8 Å². The van der Waals surface area contributed by atoms with Crippen LogP contribution in [0.25, 0.3) is 10.4 Å². The summed E-state index contributed by atoms with van der Waals surface area (Å²) in [6, 6.07) is 2.13. The second kappa shape index (κ2) is 3.70. The van der Waals surface area contributed by atoms with E-state index in [2.05, 4.69) is 16.1 Å². The average Bonchev–Trinajstić information content (AvgIpc) is 2.55. The highest BCUT2D eigenvalue weighted by atomic mass is 32.1. The van der Waals surface area contributed by atoms with Crippen LogP contribution in [-0.4, -0.2) is 0 Å². The van der Waals surface area contributed by atoms with Gasteiger partial charge in [0.2, 0.25) is 0 Å². The zero-order chi connectivity index (χ0) is 9.97. The number of hydrogen-bond donors (Lipinski definition) is 0. The van der Waals surface area contributed by atoms with Crippen molar-refractivity contribution in [2.24, 2.45) is 5.11 Å². The predicted molar refractivity (Wildman–Crippen MR) is 54.5 cm³/mol. The first-order chi connectivity index (χ1) is 6.86. The summed E-state index contributed by atoms with van der Waals surface area (Å²) in [7, 11) is 0. The molecule has 2 rings (SSSR count). The molecule has 5 heteroatoms. The van der Waals surface area contributed by atoms with E-state index in [9.17, 15) is 0 Å². The first kappa shape index (κ1) is 9.07. The molecule has 1 heterocycles. The lowest BCUT2D eigenvalue weighted by molar-refractivity contribution is 0.696. The summed E-state index contributed by atoms with van der Waals surface area (Å²) in [5.74, 6) is 0. The molecule has 1 aromatic rings. The summed E-state index contributed by atoms with van der Waals surface area (Å²) >= 11 is 1.47. The molecule has 0 spiro atoms. The average molecular weight is 204 g/mol. The van der Waals surface area contributed by atoms with Gasteiger partial charge in [-0.15, -0.1) is 11.3 Å². The summed E-state index contributed by atoms with van der Waals surface area (Å²) in [6.07, 6.45) is 4.29. The van der Waals surface area contributed by atoms with Gasteiger partial charge in [0.15, 0.2) is 0 Å². The summed E-state index contributed by atoms with van der Waals surface area (Å²) in [5, 5.41) is 13.1. The number of nitrogens with zero attached hydrogens (tertiary/aromatic N) is 4. The molecule has 0 saturated heterocycles. The highest BCUT2D eigenvalue weighted by Crippen LogP contribution is 2.39. The Balaban J connectivity index is 2.58. The van der Waals surface area contributed by atoms with Crippen LogP contribution >= 0.6 is 11.3 Å². The highest BCUT2D eigenvalue weighted by molar-refractivity contribution is 7.16. The molecule has 4 nitrogen and oxygen atoms in total. The Bertz CT molecular complexity index is 448. The number of aryl methyl sites for hydroxylation is 1. The molecule has 0 fully saturated rings. The van der Waals surface area contributed by atoms with Gasteiger partial charge in [0.25, 0.3) is 0 Å². The first-order valence-corrected chi connectivity index (χ1v) is 5.28. The van der Waals surface area contributed by atoms with E-state index in [0.29, 0.717) is 10.6 Å². The van der Waals surface area contributed by atoms with Crippen LogP contribution in [0.1, 0.15) is 28.8 Å². The molecule has 1 aliphatic carbocycles. The Labute approximate surface area is 85.4 Å². The van der Waals surface area contributed by atoms with E-state index >= 15 is 0 Å². The fourth-order valence-electron chi connectivity index (χ4n) is 1.78. The van der Waals surface area contributed by atoms with Gasteiger partial charge in [-0.1, -0.05) is 0 Å². The van der Waals surface area contributed by atoms with Crippen LogP contribution in [0.4, 0.5) is 5.00 Å². The lowest BCUT2D eigenvalue weighted by Gasteiger charge is -2.09. The molecule has 0 unspecified atom stereocenters. The van der Waals surface area contributed by atoms with Crippen molar-refractivity contribution in [3.8, 4) is 6.07 Å². The molecule has 0 saturated carbocycles. The van der Waals surface area contributed by atoms with Gasteiger partial charge in [-0.3, -0.25) is 0 Å². The lowest BCUT2D eigenvalue weighted by Crippen LogP contribution is -1.99. The maximum Gasteiger partial charge on any atom is 0.109 e. The van der Waals surface area contributed by atoms with Gasteiger partial charge in [0.1, 0.15) is 11.1 Å². The molecule has 0 amide bonds. The Kier molecular flexibility index (Phi) is 2.40. The molecular weight excluding hydrogens is 196 g/mol. The fourth-order valence-corrected chi connectivity index (χ4v) is 2.93. The zero-order valence-electron chi connectivity index (χ0n) is 7.53. The fraction of sp³-hybridized carbons (Fsp3) is 0.444. The normalized spacial score (nSPS) is 13.9. The molecule has 1 aliphatic rings. The monoisotopic (exact) mass is 204 g/mol. The SMILES string of the molecule is N#Cc1c(N=[N+]=[N-])sc2c1CCCC2. The van der Waals surface area contributed by atoms with Gasteiger partial charge in [-0.05, 0) is 41.9 Å². The standard InChI is InChI=1S/C9H8N4S/c10-5-7-6-3-1-2-4-8(6)14-9(7)12-13-11/h1-4H2. The van der Waals surface area contributed by atoms with Gasteiger partial charge < -0.3 is 0 Å². The summed E-state index contributed by atoms with van der Waals surface area (Å²) < 4.78 is 0. The van der Waals surface area contributed by atoms with Crippen LogP contribution in [-0.2, 0) is 12.8 Å². The minimum Gasteiger partial charge on any atom is -0.192 e. The summed E-state index contributed by atoms with van der Waals surface area (Å²) in [6.45, 7) is 0. The van der Waals surface area contributed by atoms with Gasteiger partial charge >= 0.3 is 0 Å². The molecule has 0 atom stereocenters. The van der Waals surface area contributed by atoms with E-state index < -0.39 is 0 Å². The van der Waals surface area contributed by atoms with Crippen molar-refractivity contribution in [2.75, 3.05) is 0 Å². The van der Waals surface area contributed by atoms with E-state index in [1.807, 2.05) is 0 Å². The predicted octanol–water partition coefficient (Wildman–Crippen LogP) is 3.44. The van der Waals surface area contributed by atoms with Crippen molar-refractivity contribution in [1.29, 1.82) is 5.26 Å². The number of nitriles is 1. The summed E-state index contributed by atoms with van der Waals surface area (Å²) in [5.41, 5.74) is 10.1. The maximum atomic E-state index is 8.96. The van der Waals surface area contributed by atoms with Crippen molar-refractivity contribution in [3.05, 3.63) is 26.4 Å². The van der Waals surface area contributed by atoms with Crippen molar-refractivity contribution in [2.45, 2.75) is 25.7 Å². The van der Waals surface area contributed by atoms with Gasteiger partial charge in [0, 0.05) is 9.79 Å². The van der Waals surface area contributed by atoms with Crippen LogP contribution in [0.2, 0.25) is 0 Å². The molecule has 0 aliphatic heterocycles. The second-order valence-corrected chi connectivity index (χ2v) is 4.28. The van der Waals surface area contributed by atoms with Crippen molar-refractivity contribution >= 4 is 16.3 Å². The third kappa shape index (κ3) is 1.35. The van der Waals surface area contributed by atoms with Crippen LogP contribution in [0.5, 0.6) is 0 Å². The van der Waals surface area contributed by atoms with Crippen LogP contribution in [0.3, 0.4) is 0 Å². The number of fused-ring (bicyclic) bond motifs is 1. The molecule has 70 valence electrons. The third-order valence-electron chi connectivity index (χ3n) is 2.40. The van der Waals surface area contributed by atoms with E-state index in [-0.39, 0.29) is 0 Å². The molecule has 0 aromatic carbocycles. The topological polar surface area (TPSA) is 72.5 Å². The largest absolute Gasteiger partial charge is 0.192 e. The Morgan fingerprint density at radius 2 is 2.21 bits per heavy atom. The molecule has 0 N–H and O–H groups in total. The van der Waals surface area contributed by atoms with Gasteiger partial charge in [-0.25, -0.2) is 0 Å². The number of thiophene rings is 1. The number of rotatable bonds is 1. The Hall–Kier alpha value is -1.50. The Morgan fingerprint density at radius 1 is 1.43 bits per heavy atom. The van der Waals surface area contributed by atoms with E-state index in [0.717, 1.165) is 24.8 Å². The second-order valence-electron chi connectivity index (χ2n) is 3.19. The molecular formula is C9H8N4S. The van der Waals surface area contributed by atoms with Crippen molar-refractivity contribution < 1.29 is 0 Å². The number of hydrogen-bond acceptors (Lipinski definition) is 3. The van der Waals surface area contributed by atoms with Crippen molar-refractivity contribution in [3.63, 3.8) is 0 Å². The zero-order valence-corrected chi connectivity index (χ0v) is 8.34. The van der Waals surface area contributed by atoms with Crippen molar-refractivity contribution in [1.82, 2.24) is 0 Å². The van der Waals surface area contributed by atoms with Crippen LogP contribution in [0, 0.1) is 11.3 Å². The van der Waals surface area contributed by atoms with Crippen LogP contribution in [0.15, 0.2) is 5.11 Å². The molecule has 1 aromatic heterocycles. The lowest BCUT2D eigenvalue weighted by atomic mass is 9.96. The summed E-state index contributed by atoms with van der Waals surface area (Å²) in [4.78, 5) is 3.97. The highest BCUT2D eigenvalue weighted by Gasteiger charge is 2.19. The van der Waals surface area contributed by atoms with E-state index in [1.165, 1.54) is 22.6 Å².